The minimum Gasteiger partial charge on any atom is -0.652 e. The molecule has 4 nitrogen and oxygen atoms in total. The molecule has 0 radical (unpaired) electrons. The van der Waals surface area contributed by atoms with Crippen LogP contribution in [-0.4, -0.2) is 49.7 Å². The van der Waals surface area contributed by atoms with Crippen LogP contribution in [0.3, 0.4) is 0 Å². The molecular formula is C4H6CaO4. The third-order valence-electron chi connectivity index (χ3n) is 0. The topological polar surface area (TPSA) is 80.3 Å². The Kier molecular flexibility index (Phi) is 19.8. The molecule has 0 atom stereocenters. The van der Waals surface area contributed by atoms with Crippen LogP contribution in [0.25, 0.3) is 0 Å². The SMILES string of the molecule is CC(C)=O.O=C([O-])[O-].[Ca+2]. The molecule has 0 fully saturated rings. The van der Waals surface area contributed by atoms with E-state index < -0.39 is 6.16 Å². The van der Waals surface area contributed by atoms with Crippen molar-refractivity contribution < 1.29 is 19.8 Å². The zero-order chi connectivity index (χ0) is 7.15. The summed E-state index contributed by atoms with van der Waals surface area (Å²) in [6.45, 7) is 3.06. The first kappa shape index (κ1) is 16.1. The van der Waals surface area contributed by atoms with Crippen molar-refractivity contribution in [3.8, 4) is 0 Å². The first-order valence-corrected chi connectivity index (χ1v) is 1.82. The van der Waals surface area contributed by atoms with Gasteiger partial charge in [-0.3, -0.25) is 0 Å². The second-order valence-electron chi connectivity index (χ2n) is 1.16. The number of carbonyl (C=O) groups excluding carboxylic acids is 2. The van der Waals surface area contributed by atoms with Gasteiger partial charge in [-0.15, -0.1) is 0 Å². The predicted octanol–water partition coefficient (Wildman–Crippen LogP) is -2.23. The summed E-state index contributed by atoms with van der Waals surface area (Å²) >= 11 is 0. The second kappa shape index (κ2) is 11.1. The van der Waals surface area contributed by atoms with Gasteiger partial charge in [0.2, 0.25) is 0 Å². The van der Waals surface area contributed by atoms with Crippen LogP contribution in [0.1, 0.15) is 13.8 Å². The van der Waals surface area contributed by atoms with Gasteiger partial charge in [-0.1, -0.05) is 0 Å². The summed E-state index contributed by atoms with van der Waals surface area (Å²) in [6.07, 6.45) is -2.33. The molecule has 0 aromatic heterocycles. The number of ketones is 1. The van der Waals surface area contributed by atoms with Crippen molar-refractivity contribution >= 4 is 49.7 Å². The second-order valence-corrected chi connectivity index (χ2v) is 1.16. The summed E-state index contributed by atoms with van der Waals surface area (Å²) in [5, 5.41) is 16.7. The van der Waals surface area contributed by atoms with Crippen LogP contribution in [0.2, 0.25) is 0 Å². The third kappa shape index (κ3) is 7900. The maximum atomic E-state index is 9.44. The van der Waals surface area contributed by atoms with E-state index in [9.17, 15) is 4.79 Å². The number of hydrogen-bond acceptors (Lipinski definition) is 4. The molecule has 0 saturated carbocycles. The summed E-state index contributed by atoms with van der Waals surface area (Å²) in [6, 6.07) is 0. The molecule has 0 aliphatic carbocycles. The van der Waals surface area contributed by atoms with Gasteiger partial charge in [-0.05, 0) is 20.0 Å². The molecule has 0 amide bonds. The Balaban J connectivity index is -0.0000000720. The summed E-state index contributed by atoms with van der Waals surface area (Å²) in [7, 11) is 0. The van der Waals surface area contributed by atoms with Crippen LogP contribution < -0.4 is 10.2 Å². The normalized spacial score (nSPS) is 5.56. The largest absolute Gasteiger partial charge is 2.00 e. The molecule has 0 aromatic rings. The molecule has 0 heterocycles. The minimum atomic E-state index is -2.33. The summed E-state index contributed by atoms with van der Waals surface area (Å²) in [4.78, 5) is 17.8. The van der Waals surface area contributed by atoms with E-state index in [2.05, 4.69) is 0 Å². The molecule has 48 valence electrons. The van der Waals surface area contributed by atoms with Crippen molar-refractivity contribution in [2.75, 3.05) is 0 Å². The number of carbonyl (C=O) groups is 2. The third-order valence-corrected chi connectivity index (χ3v) is 0. The molecule has 0 aliphatic heterocycles. The van der Waals surface area contributed by atoms with Crippen molar-refractivity contribution in [1.82, 2.24) is 0 Å². The molecule has 5 heteroatoms. The average molecular weight is 158 g/mol. The van der Waals surface area contributed by atoms with Gasteiger partial charge in [0.15, 0.2) is 0 Å². The molecule has 0 aliphatic rings. The molecule has 0 aromatic carbocycles. The number of hydrogen-bond donors (Lipinski definition) is 0. The molecule has 0 spiro atoms. The standard InChI is InChI=1S/C3H6O.CH2O3.Ca/c1-3(2)4;2-1(3)4;/h1-2H3;(H2,2,3,4);/q;;+2/p-2. The van der Waals surface area contributed by atoms with Crippen molar-refractivity contribution in [3.63, 3.8) is 0 Å². The summed E-state index contributed by atoms with van der Waals surface area (Å²) in [5.41, 5.74) is 0. The molecule has 9 heavy (non-hydrogen) atoms. The molecule has 0 rings (SSSR count). The zero-order valence-corrected chi connectivity index (χ0v) is 7.55. The van der Waals surface area contributed by atoms with Crippen LogP contribution in [0.5, 0.6) is 0 Å². The van der Waals surface area contributed by atoms with E-state index in [0.717, 1.165) is 0 Å². The maximum absolute atomic E-state index is 9.44. The van der Waals surface area contributed by atoms with Gasteiger partial charge >= 0.3 is 37.7 Å². The molecule has 0 saturated heterocycles. The van der Waals surface area contributed by atoms with E-state index in [0.29, 0.717) is 0 Å². The minimum absolute atomic E-state index is 0. The Morgan fingerprint density at radius 1 is 1.11 bits per heavy atom. The van der Waals surface area contributed by atoms with Gasteiger partial charge in [0.05, 0.1) is 0 Å². The van der Waals surface area contributed by atoms with Gasteiger partial charge < -0.3 is 19.8 Å². The van der Waals surface area contributed by atoms with Gasteiger partial charge in [0.1, 0.15) is 5.78 Å². The first-order valence-electron chi connectivity index (χ1n) is 1.82. The number of rotatable bonds is 0. The summed E-state index contributed by atoms with van der Waals surface area (Å²) < 4.78 is 0. The quantitative estimate of drug-likeness (QED) is 0.373. The monoisotopic (exact) mass is 158 g/mol. The van der Waals surface area contributed by atoms with Crippen molar-refractivity contribution in [3.05, 3.63) is 0 Å². The van der Waals surface area contributed by atoms with Gasteiger partial charge in [0.25, 0.3) is 0 Å². The average Bonchev–Trinajstić information content (AvgIpc) is 1.25. The number of Topliss-reactive ketones (excluding diaryl/α,β-unsaturated/α-hetero) is 1. The molecule has 0 unspecified atom stereocenters. The Hall–Kier alpha value is 0.200. The fourth-order valence-corrected chi connectivity index (χ4v) is 0. The number of carboxylic acid groups (broad SMARTS) is 2. The van der Waals surface area contributed by atoms with E-state index in [-0.39, 0.29) is 43.5 Å². The first-order chi connectivity index (χ1) is 3.46. The van der Waals surface area contributed by atoms with E-state index in [4.69, 9.17) is 15.0 Å². The smallest absolute Gasteiger partial charge is 0.652 e. The predicted molar refractivity (Wildman–Crippen MR) is 27.5 cm³/mol. The van der Waals surface area contributed by atoms with E-state index in [1.807, 2.05) is 0 Å². The van der Waals surface area contributed by atoms with Crippen LogP contribution in [0.15, 0.2) is 0 Å². The van der Waals surface area contributed by atoms with Crippen LogP contribution in [-0.2, 0) is 4.79 Å². The molecule has 0 N–H and O–H groups in total. The van der Waals surface area contributed by atoms with E-state index in [1.165, 1.54) is 13.8 Å². The Labute approximate surface area is 82.9 Å². The van der Waals surface area contributed by atoms with Crippen molar-refractivity contribution in [1.29, 1.82) is 0 Å². The molecule has 0 bridgehead atoms. The van der Waals surface area contributed by atoms with E-state index in [1.54, 1.807) is 0 Å². The van der Waals surface area contributed by atoms with Gasteiger partial charge in [0, 0.05) is 0 Å². The van der Waals surface area contributed by atoms with Gasteiger partial charge in [-0.25, -0.2) is 0 Å². The summed E-state index contributed by atoms with van der Waals surface area (Å²) in [5.74, 6) is 0.167. The fraction of sp³-hybridized carbons (Fsp3) is 0.500. The van der Waals surface area contributed by atoms with Crippen molar-refractivity contribution in [2.45, 2.75) is 13.8 Å². The van der Waals surface area contributed by atoms with Gasteiger partial charge in [-0.2, -0.15) is 0 Å². The Morgan fingerprint density at radius 2 is 1.11 bits per heavy atom. The zero-order valence-electron chi connectivity index (χ0n) is 5.34. The van der Waals surface area contributed by atoms with Crippen LogP contribution >= 0.6 is 0 Å². The Morgan fingerprint density at radius 3 is 1.11 bits per heavy atom. The fourth-order valence-electron chi connectivity index (χ4n) is 0. The van der Waals surface area contributed by atoms with Crippen molar-refractivity contribution in [2.24, 2.45) is 0 Å². The van der Waals surface area contributed by atoms with E-state index >= 15 is 0 Å². The molecular weight excluding hydrogens is 152 g/mol. The maximum Gasteiger partial charge on any atom is 2.00 e. The van der Waals surface area contributed by atoms with Crippen LogP contribution in [0, 0.1) is 0 Å². The Bertz CT molecular complexity index is 70.6. The van der Waals surface area contributed by atoms with Crippen LogP contribution in [0.4, 0.5) is 4.79 Å².